The van der Waals surface area contributed by atoms with Crippen LogP contribution in [-0.2, 0) is 0 Å². The van der Waals surface area contributed by atoms with Crippen LogP contribution in [-0.4, -0.2) is 23.3 Å². The van der Waals surface area contributed by atoms with Crippen molar-refractivity contribution in [1.29, 1.82) is 0 Å². The van der Waals surface area contributed by atoms with Crippen molar-refractivity contribution >= 4 is 0 Å². The van der Waals surface area contributed by atoms with Gasteiger partial charge in [0.1, 0.15) is 0 Å². The van der Waals surface area contributed by atoms with Gasteiger partial charge in [-0.05, 0) is 38.0 Å². The molecular formula is C14H29NO. The van der Waals surface area contributed by atoms with Gasteiger partial charge >= 0.3 is 0 Å². The van der Waals surface area contributed by atoms with Crippen LogP contribution in [0.15, 0.2) is 0 Å². The fourth-order valence-corrected chi connectivity index (χ4v) is 3.05. The summed E-state index contributed by atoms with van der Waals surface area (Å²) in [6.45, 7) is 9.48. The predicted octanol–water partition coefficient (Wildman–Crippen LogP) is 2.95. The lowest BCUT2D eigenvalue weighted by Crippen LogP contribution is -2.49. The van der Waals surface area contributed by atoms with E-state index in [2.05, 4.69) is 26.1 Å². The minimum Gasteiger partial charge on any atom is -0.389 e. The number of rotatable bonds is 5. The lowest BCUT2D eigenvalue weighted by atomic mass is 9.78. The van der Waals surface area contributed by atoms with Crippen molar-refractivity contribution in [3.8, 4) is 0 Å². The Balaban J connectivity index is 2.40. The Morgan fingerprint density at radius 1 is 1.25 bits per heavy atom. The smallest absolute Gasteiger partial charge is 0.0743 e. The second-order valence-corrected chi connectivity index (χ2v) is 6.04. The second-order valence-electron chi connectivity index (χ2n) is 6.04. The van der Waals surface area contributed by atoms with Gasteiger partial charge in [0.25, 0.3) is 0 Å². The predicted molar refractivity (Wildman–Crippen MR) is 69.5 cm³/mol. The summed E-state index contributed by atoms with van der Waals surface area (Å²) in [5, 5.41) is 13.8. The first kappa shape index (κ1) is 14.0. The first-order valence-corrected chi connectivity index (χ1v) is 6.92. The van der Waals surface area contributed by atoms with E-state index in [4.69, 9.17) is 0 Å². The van der Waals surface area contributed by atoms with E-state index in [1.165, 1.54) is 19.3 Å². The second kappa shape index (κ2) is 6.02. The summed E-state index contributed by atoms with van der Waals surface area (Å²) in [6, 6.07) is 0.595. The van der Waals surface area contributed by atoms with Crippen LogP contribution in [0.5, 0.6) is 0 Å². The minimum atomic E-state index is -0.536. The largest absolute Gasteiger partial charge is 0.389 e. The van der Waals surface area contributed by atoms with Gasteiger partial charge in [-0.25, -0.2) is 0 Å². The summed E-state index contributed by atoms with van der Waals surface area (Å²) in [6.07, 6.45) is 5.96. The van der Waals surface area contributed by atoms with Gasteiger partial charge in [0.2, 0.25) is 0 Å². The first-order chi connectivity index (χ1) is 7.46. The first-order valence-electron chi connectivity index (χ1n) is 6.92. The maximum absolute atomic E-state index is 10.2. The third-order valence-corrected chi connectivity index (χ3v) is 4.05. The number of hydrogen-bond donors (Lipinski definition) is 2. The molecule has 0 radical (unpaired) electrons. The Morgan fingerprint density at radius 3 is 2.31 bits per heavy atom. The highest BCUT2D eigenvalue weighted by Crippen LogP contribution is 2.29. The molecule has 0 aromatic heterocycles. The molecule has 0 amide bonds. The summed E-state index contributed by atoms with van der Waals surface area (Å²) in [4.78, 5) is 0. The van der Waals surface area contributed by atoms with E-state index in [0.717, 1.165) is 31.2 Å². The Kier molecular flexibility index (Phi) is 5.26. The quantitative estimate of drug-likeness (QED) is 0.757. The zero-order valence-electron chi connectivity index (χ0n) is 11.4. The normalized spacial score (nSPS) is 34.7. The average Bonchev–Trinajstić information content (AvgIpc) is 2.16. The monoisotopic (exact) mass is 227 g/mol. The third-order valence-electron chi connectivity index (χ3n) is 4.05. The Morgan fingerprint density at radius 2 is 1.81 bits per heavy atom. The minimum absolute atomic E-state index is 0.536. The average molecular weight is 227 g/mol. The number of hydrogen-bond acceptors (Lipinski definition) is 2. The van der Waals surface area contributed by atoms with Crippen molar-refractivity contribution in [2.75, 3.05) is 6.54 Å². The van der Waals surface area contributed by atoms with E-state index in [0.29, 0.717) is 6.04 Å². The molecule has 1 saturated carbocycles. The number of nitrogens with one attached hydrogen (secondary N) is 1. The molecule has 2 heteroatoms. The Hall–Kier alpha value is -0.0800. The molecule has 0 aromatic rings. The topological polar surface area (TPSA) is 32.3 Å². The summed E-state index contributed by atoms with van der Waals surface area (Å²) in [5.74, 6) is 1.50. The van der Waals surface area contributed by atoms with Gasteiger partial charge in [0, 0.05) is 12.6 Å². The molecule has 0 spiro atoms. The highest BCUT2D eigenvalue weighted by molar-refractivity contribution is 4.86. The van der Waals surface area contributed by atoms with Crippen LogP contribution in [0.1, 0.15) is 59.8 Å². The van der Waals surface area contributed by atoms with Crippen molar-refractivity contribution < 1.29 is 5.11 Å². The van der Waals surface area contributed by atoms with Gasteiger partial charge in [-0.2, -0.15) is 0 Å². The van der Waals surface area contributed by atoms with Crippen LogP contribution in [0.2, 0.25) is 0 Å². The van der Waals surface area contributed by atoms with Gasteiger partial charge in [0.15, 0.2) is 0 Å². The third kappa shape index (κ3) is 4.06. The zero-order valence-corrected chi connectivity index (χ0v) is 11.4. The lowest BCUT2D eigenvalue weighted by Gasteiger charge is -2.37. The summed E-state index contributed by atoms with van der Waals surface area (Å²) < 4.78 is 0. The molecule has 2 N–H and O–H groups in total. The van der Waals surface area contributed by atoms with E-state index in [9.17, 15) is 5.11 Å². The van der Waals surface area contributed by atoms with Gasteiger partial charge in [-0.15, -0.1) is 0 Å². The van der Waals surface area contributed by atoms with E-state index in [1.54, 1.807) is 0 Å². The molecule has 1 aliphatic rings. The zero-order chi connectivity index (χ0) is 12.2. The summed E-state index contributed by atoms with van der Waals surface area (Å²) in [7, 11) is 0. The van der Waals surface area contributed by atoms with Crippen LogP contribution in [0.25, 0.3) is 0 Å². The standard InChI is InChI=1S/C14H29NO/c1-5-9-14(4,16)10-15-13-11(2)7-6-8-12(13)3/h11-13,15-16H,5-10H2,1-4H3. The Labute approximate surface area is 101 Å². The molecule has 16 heavy (non-hydrogen) atoms. The van der Waals surface area contributed by atoms with Crippen molar-refractivity contribution in [3.05, 3.63) is 0 Å². The van der Waals surface area contributed by atoms with E-state index >= 15 is 0 Å². The molecule has 0 aromatic carbocycles. The maximum Gasteiger partial charge on any atom is 0.0743 e. The van der Waals surface area contributed by atoms with E-state index < -0.39 is 5.60 Å². The molecule has 3 unspecified atom stereocenters. The van der Waals surface area contributed by atoms with Crippen molar-refractivity contribution in [2.24, 2.45) is 11.8 Å². The molecule has 1 fully saturated rings. The Bertz CT molecular complexity index is 193. The fourth-order valence-electron chi connectivity index (χ4n) is 3.05. The molecule has 0 bridgehead atoms. The van der Waals surface area contributed by atoms with Gasteiger partial charge in [-0.1, -0.05) is 33.6 Å². The van der Waals surface area contributed by atoms with Crippen LogP contribution in [0.4, 0.5) is 0 Å². The van der Waals surface area contributed by atoms with Crippen molar-refractivity contribution in [3.63, 3.8) is 0 Å². The van der Waals surface area contributed by atoms with Crippen LogP contribution < -0.4 is 5.32 Å². The molecule has 2 nitrogen and oxygen atoms in total. The highest BCUT2D eigenvalue weighted by atomic mass is 16.3. The van der Waals surface area contributed by atoms with Gasteiger partial charge in [0.05, 0.1) is 5.60 Å². The van der Waals surface area contributed by atoms with Crippen LogP contribution >= 0.6 is 0 Å². The van der Waals surface area contributed by atoms with Crippen molar-refractivity contribution in [2.45, 2.75) is 71.4 Å². The molecule has 96 valence electrons. The van der Waals surface area contributed by atoms with E-state index in [-0.39, 0.29) is 0 Å². The number of aliphatic hydroxyl groups is 1. The molecule has 0 heterocycles. The van der Waals surface area contributed by atoms with Crippen molar-refractivity contribution in [1.82, 2.24) is 5.32 Å². The maximum atomic E-state index is 10.2. The molecule has 1 aliphatic carbocycles. The molecular weight excluding hydrogens is 198 g/mol. The van der Waals surface area contributed by atoms with Gasteiger partial charge in [-0.3, -0.25) is 0 Å². The lowest BCUT2D eigenvalue weighted by molar-refractivity contribution is 0.0395. The van der Waals surface area contributed by atoms with Gasteiger partial charge < -0.3 is 10.4 Å². The fraction of sp³-hybridized carbons (Fsp3) is 1.00. The summed E-state index contributed by atoms with van der Waals surface area (Å²) in [5.41, 5.74) is -0.536. The molecule has 3 atom stereocenters. The molecule has 0 aliphatic heterocycles. The van der Waals surface area contributed by atoms with Crippen LogP contribution in [0, 0.1) is 11.8 Å². The van der Waals surface area contributed by atoms with E-state index in [1.807, 2.05) is 6.92 Å². The highest BCUT2D eigenvalue weighted by Gasteiger charge is 2.29. The van der Waals surface area contributed by atoms with Crippen LogP contribution in [0.3, 0.4) is 0 Å². The SMILES string of the molecule is CCCC(C)(O)CNC1C(C)CCCC1C. The molecule has 1 rings (SSSR count). The summed E-state index contributed by atoms with van der Waals surface area (Å²) >= 11 is 0. The molecule has 0 saturated heterocycles.